The largest absolute Gasteiger partial charge is 0.506 e. The van der Waals surface area contributed by atoms with E-state index in [0.717, 1.165) is 32.1 Å². The first-order chi connectivity index (χ1) is 9.58. The van der Waals surface area contributed by atoms with E-state index in [0.29, 0.717) is 22.7 Å². The molecule has 0 aromatic carbocycles. The Morgan fingerprint density at radius 1 is 1.30 bits per heavy atom. The molecule has 0 saturated carbocycles. The molecule has 1 aliphatic rings. The first kappa shape index (κ1) is 12.6. The van der Waals surface area contributed by atoms with Crippen molar-refractivity contribution in [2.24, 2.45) is 0 Å². The van der Waals surface area contributed by atoms with Crippen molar-refractivity contribution in [3.8, 4) is 5.75 Å². The molecule has 0 aliphatic carbocycles. The topological polar surface area (TPSA) is 99.4 Å². The van der Waals surface area contributed by atoms with Crippen molar-refractivity contribution in [2.75, 3.05) is 18.0 Å². The molecule has 0 bridgehead atoms. The number of hydrogen-bond donors (Lipinski definition) is 2. The molecule has 7 heteroatoms. The van der Waals surface area contributed by atoms with Crippen LogP contribution >= 0.6 is 0 Å². The van der Waals surface area contributed by atoms with Gasteiger partial charge in [-0.15, -0.1) is 0 Å². The number of aromatic hydroxyl groups is 1. The molecule has 0 radical (unpaired) electrons. The number of anilines is 1. The van der Waals surface area contributed by atoms with E-state index in [9.17, 15) is 9.90 Å². The average Bonchev–Trinajstić information content (AvgIpc) is 2.91. The number of fused-ring (bicyclic) bond motifs is 1. The summed E-state index contributed by atoms with van der Waals surface area (Å²) in [6, 6.07) is 0. The number of rotatable bonds is 2. The molecule has 7 nitrogen and oxygen atoms in total. The molecule has 0 amide bonds. The lowest BCUT2D eigenvalue weighted by atomic mass is 10.2. The number of aromatic nitrogens is 3. The number of pyridine rings is 1. The average molecular weight is 274 g/mol. The van der Waals surface area contributed by atoms with Gasteiger partial charge in [0.05, 0.1) is 0 Å². The monoisotopic (exact) mass is 274 g/mol. The van der Waals surface area contributed by atoms with Crippen molar-refractivity contribution in [2.45, 2.75) is 19.8 Å². The molecule has 1 aliphatic heterocycles. The number of carboxylic acids is 1. The standard InChI is InChI=1S/C13H14N4O3/c1-7-15-11-9(10(18)8(6-14-11)13(19)20)12(16-7)17-4-2-3-5-17/h6H,2-5H2,1H3,(H,19,20)(H,14,15,16,18). The Balaban J connectivity index is 2.31. The Bertz CT molecular complexity index is 696. The summed E-state index contributed by atoms with van der Waals surface area (Å²) in [5.74, 6) is -0.415. The van der Waals surface area contributed by atoms with Gasteiger partial charge in [0.15, 0.2) is 5.65 Å². The summed E-state index contributed by atoms with van der Waals surface area (Å²) >= 11 is 0. The van der Waals surface area contributed by atoms with Gasteiger partial charge in [-0.2, -0.15) is 0 Å². The highest BCUT2D eigenvalue weighted by Crippen LogP contribution is 2.34. The van der Waals surface area contributed by atoms with Crippen molar-refractivity contribution in [3.63, 3.8) is 0 Å². The van der Waals surface area contributed by atoms with Crippen LogP contribution in [0.25, 0.3) is 11.0 Å². The van der Waals surface area contributed by atoms with E-state index in [1.165, 1.54) is 0 Å². The van der Waals surface area contributed by atoms with E-state index in [2.05, 4.69) is 15.0 Å². The second kappa shape index (κ2) is 4.59. The maximum atomic E-state index is 11.1. The minimum Gasteiger partial charge on any atom is -0.506 e. The molecule has 3 rings (SSSR count). The van der Waals surface area contributed by atoms with Gasteiger partial charge >= 0.3 is 5.97 Å². The van der Waals surface area contributed by atoms with Crippen LogP contribution in [-0.4, -0.2) is 44.2 Å². The zero-order chi connectivity index (χ0) is 14.3. The van der Waals surface area contributed by atoms with E-state index in [1.807, 2.05) is 4.90 Å². The summed E-state index contributed by atoms with van der Waals surface area (Å²) in [5.41, 5.74) is 0.0901. The molecule has 0 atom stereocenters. The molecule has 1 saturated heterocycles. The van der Waals surface area contributed by atoms with Crippen LogP contribution in [0.4, 0.5) is 5.82 Å². The van der Waals surface area contributed by atoms with Crippen LogP contribution in [0.5, 0.6) is 5.75 Å². The lowest BCUT2D eigenvalue weighted by Crippen LogP contribution is -2.20. The van der Waals surface area contributed by atoms with Crippen LogP contribution in [0.15, 0.2) is 6.20 Å². The molecule has 1 fully saturated rings. The summed E-state index contributed by atoms with van der Waals surface area (Å²) in [5, 5.41) is 19.6. The highest BCUT2D eigenvalue weighted by molar-refractivity contribution is 6.01. The van der Waals surface area contributed by atoms with E-state index in [4.69, 9.17) is 5.11 Å². The van der Waals surface area contributed by atoms with Crippen molar-refractivity contribution < 1.29 is 15.0 Å². The number of aromatic carboxylic acids is 1. The summed E-state index contributed by atoms with van der Waals surface area (Å²) in [6.45, 7) is 3.42. The molecular weight excluding hydrogens is 260 g/mol. The fourth-order valence-electron chi connectivity index (χ4n) is 2.48. The Labute approximate surface area is 114 Å². The van der Waals surface area contributed by atoms with Crippen LogP contribution in [-0.2, 0) is 0 Å². The Morgan fingerprint density at radius 2 is 2.00 bits per heavy atom. The van der Waals surface area contributed by atoms with E-state index < -0.39 is 5.97 Å². The van der Waals surface area contributed by atoms with Gasteiger partial charge in [-0.05, 0) is 19.8 Å². The van der Waals surface area contributed by atoms with Gasteiger partial charge < -0.3 is 15.1 Å². The molecule has 104 valence electrons. The fraction of sp³-hybridized carbons (Fsp3) is 0.385. The third kappa shape index (κ3) is 1.91. The summed E-state index contributed by atoms with van der Waals surface area (Å²) in [6.07, 6.45) is 3.23. The molecule has 2 aromatic heterocycles. The summed E-state index contributed by atoms with van der Waals surface area (Å²) in [7, 11) is 0. The molecular formula is C13H14N4O3. The molecule has 3 heterocycles. The highest BCUT2D eigenvalue weighted by Gasteiger charge is 2.23. The van der Waals surface area contributed by atoms with Crippen molar-refractivity contribution in [3.05, 3.63) is 17.6 Å². The SMILES string of the molecule is Cc1nc(N2CCCC2)c2c(O)c(C(=O)O)cnc2n1. The Kier molecular flexibility index (Phi) is 2.89. The fourth-order valence-corrected chi connectivity index (χ4v) is 2.48. The van der Waals surface area contributed by atoms with Crippen LogP contribution < -0.4 is 4.90 Å². The molecule has 0 spiro atoms. The van der Waals surface area contributed by atoms with Gasteiger partial charge in [-0.1, -0.05) is 0 Å². The van der Waals surface area contributed by atoms with E-state index in [1.54, 1.807) is 6.92 Å². The predicted octanol–water partition coefficient (Wildman–Crippen LogP) is 1.34. The molecule has 20 heavy (non-hydrogen) atoms. The maximum absolute atomic E-state index is 11.1. The first-order valence-corrected chi connectivity index (χ1v) is 6.42. The normalized spacial score (nSPS) is 14.9. The molecule has 2 aromatic rings. The predicted molar refractivity (Wildman–Crippen MR) is 72.1 cm³/mol. The highest BCUT2D eigenvalue weighted by atomic mass is 16.4. The van der Waals surface area contributed by atoms with Crippen molar-refractivity contribution in [1.29, 1.82) is 0 Å². The number of nitrogens with zero attached hydrogens (tertiary/aromatic N) is 4. The second-order valence-corrected chi connectivity index (χ2v) is 4.81. The minimum atomic E-state index is -1.22. The number of hydrogen-bond acceptors (Lipinski definition) is 6. The van der Waals surface area contributed by atoms with Gasteiger partial charge in [0.25, 0.3) is 0 Å². The lowest BCUT2D eigenvalue weighted by Gasteiger charge is -2.19. The van der Waals surface area contributed by atoms with Crippen LogP contribution in [0.1, 0.15) is 29.0 Å². The Morgan fingerprint density at radius 3 is 2.65 bits per heavy atom. The minimum absolute atomic E-state index is 0.231. The first-order valence-electron chi connectivity index (χ1n) is 6.42. The molecule has 0 unspecified atom stereocenters. The van der Waals surface area contributed by atoms with Gasteiger partial charge in [0.1, 0.15) is 28.3 Å². The zero-order valence-corrected chi connectivity index (χ0v) is 11.0. The van der Waals surface area contributed by atoms with Crippen LogP contribution in [0, 0.1) is 6.92 Å². The molecule has 2 N–H and O–H groups in total. The third-order valence-corrected chi connectivity index (χ3v) is 3.43. The Hall–Kier alpha value is -2.44. The van der Waals surface area contributed by atoms with Crippen LogP contribution in [0.3, 0.4) is 0 Å². The van der Waals surface area contributed by atoms with Gasteiger partial charge in [0, 0.05) is 19.3 Å². The quantitative estimate of drug-likeness (QED) is 0.852. The third-order valence-electron chi connectivity index (χ3n) is 3.43. The smallest absolute Gasteiger partial charge is 0.341 e. The second-order valence-electron chi connectivity index (χ2n) is 4.81. The van der Waals surface area contributed by atoms with E-state index in [-0.39, 0.29) is 11.3 Å². The summed E-state index contributed by atoms with van der Waals surface area (Å²) < 4.78 is 0. The number of carbonyl (C=O) groups is 1. The van der Waals surface area contributed by atoms with Gasteiger partial charge in [-0.3, -0.25) is 0 Å². The number of aryl methyl sites for hydroxylation is 1. The van der Waals surface area contributed by atoms with Crippen LogP contribution in [0.2, 0.25) is 0 Å². The van der Waals surface area contributed by atoms with Crippen molar-refractivity contribution >= 4 is 22.8 Å². The lowest BCUT2D eigenvalue weighted by molar-refractivity contribution is 0.0693. The maximum Gasteiger partial charge on any atom is 0.341 e. The van der Waals surface area contributed by atoms with Gasteiger partial charge in [0.2, 0.25) is 0 Å². The van der Waals surface area contributed by atoms with Gasteiger partial charge in [-0.25, -0.2) is 19.7 Å². The van der Waals surface area contributed by atoms with Crippen molar-refractivity contribution in [1.82, 2.24) is 15.0 Å². The van der Waals surface area contributed by atoms with E-state index >= 15 is 0 Å². The number of carboxylic acid groups (broad SMARTS) is 1. The zero-order valence-electron chi connectivity index (χ0n) is 11.0. The summed E-state index contributed by atoms with van der Waals surface area (Å²) in [4.78, 5) is 25.7.